The van der Waals surface area contributed by atoms with E-state index in [0.717, 1.165) is 73.0 Å². The molecule has 0 radical (unpaired) electrons. The number of carbonyl (C=O) groups excluding carboxylic acids is 1. The lowest BCUT2D eigenvalue weighted by Gasteiger charge is -2.29. The van der Waals surface area contributed by atoms with Gasteiger partial charge in [0.15, 0.2) is 72.9 Å². The van der Waals surface area contributed by atoms with Gasteiger partial charge in [0, 0.05) is 6.42 Å². The third-order valence-electron chi connectivity index (χ3n) is 23.9. The van der Waals surface area contributed by atoms with E-state index >= 15 is 0 Å². The van der Waals surface area contributed by atoms with Crippen molar-refractivity contribution in [3.63, 3.8) is 0 Å². The SMILES string of the molecule is CC(C)(C)Oc1ccc([S+](c2ccccc2)c2ccccc2)cc1.CC(OCCC1CCCCC1)Oc1ccc([S+](c2ccccc2)c2ccccc2)cc1.CC(OCCOC1CCC(c2ccccc2)CC1)Oc1ccc([S+](c2ccccc2)c2ccccc2)cc1.CCC(C)(C)C(=O)OCCC(F)C(F)(F)S(=O)(=O)[O-].CCC(C)c1ccc(S(=O)(=O)[O-])cc1.CCC(C)c1ccc(S(=O)(=O)[O-])cc1. The number of rotatable bonds is 37. The van der Waals surface area contributed by atoms with Crippen LogP contribution >= 0.6 is 0 Å². The van der Waals surface area contributed by atoms with Gasteiger partial charge in [-0.05, 0) is 310 Å². The summed E-state index contributed by atoms with van der Waals surface area (Å²) in [6.07, 6.45) is 10.6. The van der Waals surface area contributed by atoms with Gasteiger partial charge in [-0.3, -0.25) is 4.79 Å². The van der Waals surface area contributed by atoms with Crippen LogP contribution in [0.4, 0.5) is 13.2 Å². The number of carbonyl (C=O) groups is 1. The van der Waals surface area contributed by atoms with Crippen LogP contribution in [0.25, 0.3) is 0 Å². The normalized spacial score (nSPS) is 15.2. The number of ether oxygens (including phenoxy) is 7. The Kier molecular flexibility index (Phi) is 46.0. The highest BCUT2D eigenvalue weighted by molar-refractivity contribution is 7.97. The molecule has 0 aliphatic heterocycles. The topological polar surface area (TPSA) is 253 Å². The van der Waals surface area contributed by atoms with Gasteiger partial charge >= 0.3 is 11.2 Å². The molecular formula is C114H135F3O17S6. The molecule has 5 unspecified atom stereocenters. The minimum atomic E-state index is -6.08. The smallest absolute Gasteiger partial charge is 0.364 e. The average molecular weight is 2030 g/mol. The fourth-order valence-corrected chi connectivity index (χ4v) is 22.9. The molecule has 14 rings (SSSR count). The molecule has 2 saturated carbocycles. The van der Waals surface area contributed by atoms with Gasteiger partial charge < -0.3 is 46.8 Å². The summed E-state index contributed by atoms with van der Waals surface area (Å²) in [6, 6.07) is 113. The fraction of sp³-hybridized carbons (Fsp3) is 0.360. The molecule has 12 aromatic carbocycles. The van der Waals surface area contributed by atoms with Gasteiger partial charge in [-0.25, -0.2) is 29.6 Å². The minimum absolute atomic E-state index is 0.102. The largest absolute Gasteiger partial charge is 0.744 e. The van der Waals surface area contributed by atoms with Crippen LogP contribution in [-0.4, -0.2) is 107 Å². The highest BCUT2D eigenvalue weighted by Gasteiger charge is 2.47. The number of halogens is 3. The Hall–Kier alpha value is -10.0. The monoisotopic (exact) mass is 2020 g/mol. The van der Waals surface area contributed by atoms with Crippen molar-refractivity contribution < 1.29 is 90.0 Å². The van der Waals surface area contributed by atoms with Gasteiger partial charge in [0.2, 0.25) is 0 Å². The molecule has 0 N–H and O–H groups in total. The van der Waals surface area contributed by atoms with Crippen molar-refractivity contribution >= 4 is 69.0 Å². The Balaban J connectivity index is 0.000000195. The van der Waals surface area contributed by atoms with Crippen LogP contribution in [0.15, 0.2) is 388 Å². The Labute approximate surface area is 838 Å². The van der Waals surface area contributed by atoms with Gasteiger partial charge in [0.05, 0.1) is 80.4 Å². The second-order valence-electron chi connectivity index (χ2n) is 35.9. The predicted octanol–water partition coefficient (Wildman–Crippen LogP) is 27.8. The second kappa shape index (κ2) is 56.7. The minimum Gasteiger partial charge on any atom is -0.744 e. The number of hydrogen-bond donors (Lipinski definition) is 0. The van der Waals surface area contributed by atoms with Gasteiger partial charge in [-0.15, -0.1) is 0 Å². The number of hydrogen-bond acceptors (Lipinski definition) is 17. The van der Waals surface area contributed by atoms with E-state index in [4.69, 9.17) is 28.4 Å². The van der Waals surface area contributed by atoms with Crippen LogP contribution in [0.2, 0.25) is 0 Å². The van der Waals surface area contributed by atoms with E-state index in [0.29, 0.717) is 43.5 Å². The van der Waals surface area contributed by atoms with E-state index in [2.05, 4.69) is 326 Å². The molecule has 0 bridgehead atoms. The maximum Gasteiger partial charge on any atom is 0.364 e. The summed E-state index contributed by atoms with van der Waals surface area (Å²) in [5.41, 5.74) is 2.55. The maximum absolute atomic E-state index is 13.0. The van der Waals surface area contributed by atoms with E-state index in [1.54, 1.807) is 45.0 Å². The van der Waals surface area contributed by atoms with E-state index in [9.17, 15) is 56.9 Å². The van der Waals surface area contributed by atoms with Crippen LogP contribution in [0.5, 0.6) is 17.2 Å². The quantitative estimate of drug-likeness (QED) is 0.0115. The lowest BCUT2D eigenvalue weighted by molar-refractivity contribution is -0.155. The molecule has 26 heteroatoms. The zero-order chi connectivity index (χ0) is 101. The summed E-state index contributed by atoms with van der Waals surface area (Å²) >= 11 is 0. The third-order valence-corrected chi connectivity index (χ3v) is 33.2. The number of esters is 1. The Bertz CT molecular complexity index is 5700. The van der Waals surface area contributed by atoms with Crippen molar-refractivity contribution in [2.24, 2.45) is 11.3 Å². The molecule has 0 saturated heterocycles. The molecule has 2 aliphatic carbocycles. The van der Waals surface area contributed by atoms with Gasteiger partial charge in [-0.2, -0.15) is 8.78 Å². The highest BCUT2D eigenvalue weighted by Crippen LogP contribution is 2.39. The van der Waals surface area contributed by atoms with E-state index in [-0.39, 0.29) is 60.7 Å². The lowest BCUT2D eigenvalue weighted by Crippen LogP contribution is -2.39. The molecule has 140 heavy (non-hydrogen) atoms. The molecule has 12 aromatic rings. The van der Waals surface area contributed by atoms with Crippen molar-refractivity contribution in [1.29, 1.82) is 0 Å². The molecule has 5 atom stereocenters. The summed E-state index contributed by atoms with van der Waals surface area (Å²) in [5.74, 6) is 4.16. The Morgan fingerprint density at radius 3 is 1.03 bits per heavy atom. The second-order valence-corrected chi connectivity index (χ2v) is 46.2. The Morgan fingerprint density at radius 2 is 0.714 bits per heavy atom. The first-order valence-electron chi connectivity index (χ1n) is 47.9. The Morgan fingerprint density at radius 1 is 0.393 bits per heavy atom. The zero-order valence-electron chi connectivity index (χ0n) is 82.1. The van der Waals surface area contributed by atoms with Crippen molar-refractivity contribution in [2.45, 2.75) is 280 Å². The molecule has 750 valence electrons. The molecule has 0 amide bonds. The van der Waals surface area contributed by atoms with Crippen molar-refractivity contribution in [1.82, 2.24) is 0 Å². The first kappa shape index (κ1) is 114. The fourth-order valence-electron chi connectivity index (χ4n) is 15.2. The van der Waals surface area contributed by atoms with Crippen LogP contribution in [-0.2, 0) is 86.8 Å². The van der Waals surface area contributed by atoms with E-state index in [1.807, 2.05) is 26.0 Å². The summed E-state index contributed by atoms with van der Waals surface area (Å²) < 4.78 is 173. The molecule has 2 aliphatic rings. The first-order chi connectivity index (χ1) is 66.8. The summed E-state index contributed by atoms with van der Waals surface area (Å²) in [6.45, 7) is 24.4. The van der Waals surface area contributed by atoms with E-state index in [1.165, 1.54) is 119 Å². The molecule has 0 aromatic heterocycles. The zero-order valence-corrected chi connectivity index (χ0v) is 87.0. The summed E-state index contributed by atoms with van der Waals surface area (Å²) in [4.78, 5) is 22.8. The summed E-state index contributed by atoms with van der Waals surface area (Å²) in [7, 11) is -15.1. The van der Waals surface area contributed by atoms with Gasteiger partial charge in [-0.1, -0.05) is 231 Å². The molecule has 0 spiro atoms. The molecular weight excluding hydrogens is 1890 g/mol. The molecule has 0 heterocycles. The van der Waals surface area contributed by atoms with E-state index < -0.39 is 66.2 Å². The van der Waals surface area contributed by atoms with Crippen molar-refractivity contribution in [3.8, 4) is 17.2 Å². The first-order valence-corrected chi connectivity index (χ1v) is 55.8. The molecule has 2 fully saturated rings. The van der Waals surface area contributed by atoms with Gasteiger partial charge in [0.1, 0.15) is 43.1 Å². The standard InChI is InChI=1S/C34H37O3S.C28H33O2S.C22H23OS.C10H17F3O5S.2C10H14O3S/c1-27(35-25-26-36-30-19-17-29(18-20-30)28-11-5-2-6-12-28)37-31-21-23-34(24-22-31)38(32-13-7-3-8-14-32)33-15-9-4-10-16-33;1-23(29-22-21-24-11-5-2-6-12-24)30-25-17-19-28(20-18-25)31(26-13-7-3-8-14-26)27-15-9-4-10-16-27;1-22(2,3)23-18-14-16-21(17-15-18)24(19-10-6-4-7-11-19)20-12-8-5-9-13-20;1-4-9(2,3)8(14)18-6-5-7(11)10(12,13)19(15,16)17;2*1-3-8(2)9-4-6-10(7-5-9)14(11,12)13/h2-16,21-24,27,29-30H,17-20,25-26H2,1H3;3-4,7-10,13-20,23-24H,2,5-6,11-12,21-22H2,1H3;4-17H,1-3H3;7H,4-6H2,1-3H3,(H,15,16,17);2*4-8H,3H2,1-2H3,(H,11,12,13)/q3*+1;;;/p-3. The number of alkyl halides is 3. The van der Waals surface area contributed by atoms with Crippen LogP contribution in [0.3, 0.4) is 0 Å². The van der Waals surface area contributed by atoms with Crippen LogP contribution < -0.4 is 14.2 Å². The lowest BCUT2D eigenvalue weighted by atomic mass is 9.83. The van der Waals surface area contributed by atoms with Crippen LogP contribution in [0.1, 0.15) is 207 Å². The third kappa shape index (κ3) is 37.7. The van der Waals surface area contributed by atoms with Crippen LogP contribution in [0, 0.1) is 11.3 Å². The molecule has 17 nitrogen and oxygen atoms in total. The van der Waals surface area contributed by atoms with Crippen molar-refractivity contribution in [3.05, 3.63) is 350 Å². The maximum atomic E-state index is 13.0. The summed E-state index contributed by atoms with van der Waals surface area (Å²) in [5, 5.41) is -5.03. The average Bonchev–Trinajstić information content (AvgIpc) is 0.816. The van der Waals surface area contributed by atoms with Crippen molar-refractivity contribution in [2.75, 3.05) is 26.4 Å². The predicted molar refractivity (Wildman–Crippen MR) is 551 cm³/mol. The van der Waals surface area contributed by atoms with Gasteiger partial charge in [0.25, 0.3) is 0 Å². The number of benzene rings is 12. The highest BCUT2D eigenvalue weighted by atomic mass is 32.2.